The van der Waals surface area contributed by atoms with Gasteiger partial charge in [0.2, 0.25) is 0 Å². The van der Waals surface area contributed by atoms with E-state index in [4.69, 9.17) is 0 Å². The Morgan fingerprint density at radius 2 is 1.85 bits per heavy atom. The van der Waals surface area contributed by atoms with Crippen LogP contribution in [0.5, 0.6) is 0 Å². The van der Waals surface area contributed by atoms with Gasteiger partial charge in [0, 0.05) is 18.1 Å². The summed E-state index contributed by atoms with van der Waals surface area (Å²) in [6.45, 7) is 4.65. The first-order chi connectivity index (χ1) is 6.33. The number of benzene rings is 1. The molecule has 0 aliphatic heterocycles. The average Bonchev–Trinajstić information content (AvgIpc) is 2.15. The minimum Gasteiger partial charge on any atom is -0.0773 e. The van der Waals surface area contributed by atoms with Gasteiger partial charge < -0.3 is 0 Å². The highest BCUT2D eigenvalue weighted by Gasteiger charge is 1.93. The second kappa shape index (κ2) is 6.34. The molecule has 13 heavy (non-hydrogen) atoms. The van der Waals surface area contributed by atoms with Crippen LogP contribution in [-0.2, 0) is 6.42 Å². The van der Waals surface area contributed by atoms with E-state index in [-0.39, 0.29) is 0 Å². The van der Waals surface area contributed by atoms with Gasteiger partial charge in [-0.05, 0) is 27.5 Å². The first-order valence-electron chi connectivity index (χ1n) is 5.38. The maximum Gasteiger partial charge on any atom is 0.00534 e. The van der Waals surface area contributed by atoms with Crippen LogP contribution >= 0.6 is 0 Å². The van der Waals surface area contributed by atoms with Crippen LogP contribution in [0.1, 0.15) is 11.1 Å². The highest BCUT2D eigenvalue weighted by molar-refractivity contribution is 7.29. The second-order valence-corrected chi connectivity index (χ2v) is 20.5. The summed E-state index contributed by atoms with van der Waals surface area (Å²) in [7, 11) is 1.54. The lowest BCUT2D eigenvalue weighted by Gasteiger charge is -2.00. The zero-order chi connectivity index (χ0) is 9.52. The van der Waals surface area contributed by atoms with Gasteiger partial charge in [0.15, 0.2) is 0 Å². The molecule has 3 heteroatoms. The molecule has 0 heterocycles. The van der Waals surface area contributed by atoms with Crippen molar-refractivity contribution in [1.82, 2.24) is 0 Å². The lowest BCUT2D eigenvalue weighted by atomic mass is 10.1. The maximum absolute atomic E-state index is 2.49. The van der Waals surface area contributed by atoms with Crippen LogP contribution in [0.2, 0.25) is 12.6 Å². The minimum atomic E-state index is 0.458. The lowest BCUT2D eigenvalue weighted by Crippen LogP contribution is -2.09. The monoisotopic (exact) mass is 224 g/mol. The van der Waals surface area contributed by atoms with Crippen LogP contribution < -0.4 is 0 Å². The van der Waals surface area contributed by atoms with Crippen molar-refractivity contribution < 1.29 is 0 Å². The summed E-state index contributed by atoms with van der Waals surface area (Å²) in [5.41, 5.74) is 2.95. The SMILES string of the molecule is C[SiH2][SiH2][SiH2]CCc1ccc(C)cc1. The zero-order valence-corrected chi connectivity index (χ0v) is 13.1. The Bertz CT molecular complexity index is 230. The highest BCUT2D eigenvalue weighted by atomic mass is 29.5. The molecule has 0 aliphatic rings. The first kappa shape index (κ1) is 10.9. The molecule has 0 bridgehead atoms. The molecule has 0 N–H and O–H groups in total. The van der Waals surface area contributed by atoms with Crippen LogP contribution in [0, 0.1) is 6.92 Å². The van der Waals surface area contributed by atoms with Crippen LogP contribution in [0.4, 0.5) is 0 Å². The molecule has 0 saturated carbocycles. The average molecular weight is 225 g/mol. The molecule has 1 rings (SSSR count). The third-order valence-corrected chi connectivity index (χ3v) is 20.5. The predicted molar refractivity (Wildman–Crippen MR) is 71.2 cm³/mol. The molecule has 0 unspecified atom stereocenters. The van der Waals surface area contributed by atoms with Crippen molar-refractivity contribution in [2.75, 3.05) is 0 Å². The van der Waals surface area contributed by atoms with Crippen molar-refractivity contribution in [3.05, 3.63) is 35.4 Å². The molecule has 0 nitrogen and oxygen atoms in total. The molecule has 0 amide bonds. The van der Waals surface area contributed by atoms with Crippen molar-refractivity contribution in [3.8, 4) is 0 Å². The molecule has 1 aromatic carbocycles. The molecule has 0 aliphatic carbocycles. The van der Waals surface area contributed by atoms with E-state index in [0.717, 1.165) is 0 Å². The number of hydrogen-bond donors (Lipinski definition) is 0. The Morgan fingerprint density at radius 3 is 2.46 bits per heavy atom. The standard InChI is InChI=1S/C10H20Si3/c1-9-3-5-10(6-4-9)7-8-12-13-11-2/h3-6H,7-8,11-13H2,1-2H3. The fourth-order valence-corrected chi connectivity index (χ4v) is 14.0. The number of hydrogen-bond acceptors (Lipinski definition) is 0. The molecule has 0 radical (unpaired) electrons. The van der Waals surface area contributed by atoms with Gasteiger partial charge in [0.1, 0.15) is 0 Å². The summed E-state index contributed by atoms with van der Waals surface area (Å²) in [6, 6.07) is 10.7. The van der Waals surface area contributed by atoms with Gasteiger partial charge in [0.05, 0.1) is 0 Å². The fourth-order valence-electron chi connectivity index (χ4n) is 1.51. The Morgan fingerprint density at radius 1 is 1.15 bits per heavy atom. The summed E-state index contributed by atoms with van der Waals surface area (Å²) in [5, 5.41) is 0. The van der Waals surface area contributed by atoms with E-state index < -0.39 is 0 Å². The third kappa shape index (κ3) is 4.59. The van der Waals surface area contributed by atoms with Gasteiger partial charge in [0.25, 0.3) is 0 Å². The van der Waals surface area contributed by atoms with Crippen molar-refractivity contribution >= 4 is 26.6 Å². The van der Waals surface area contributed by atoms with Crippen LogP contribution in [0.25, 0.3) is 0 Å². The van der Waals surface area contributed by atoms with Crippen molar-refractivity contribution in [1.29, 1.82) is 0 Å². The van der Waals surface area contributed by atoms with Crippen LogP contribution in [0.3, 0.4) is 0 Å². The maximum atomic E-state index is 2.49. The Kier molecular flexibility index (Phi) is 5.34. The quantitative estimate of drug-likeness (QED) is 0.500. The van der Waals surface area contributed by atoms with Crippen molar-refractivity contribution in [2.45, 2.75) is 25.9 Å². The largest absolute Gasteiger partial charge is 0.0773 e. The molecule has 0 saturated heterocycles. The van der Waals surface area contributed by atoms with E-state index in [1.165, 1.54) is 12.0 Å². The third-order valence-electron chi connectivity index (χ3n) is 2.44. The zero-order valence-electron chi connectivity index (χ0n) is 8.84. The van der Waals surface area contributed by atoms with Gasteiger partial charge in [-0.25, -0.2) is 0 Å². The molecule has 72 valence electrons. The molecule has 0 atom stereocenters. The van der Waals surface area contributed by atoms with E-state index in [2.05, 4.69) is 37.7 Å². The molecule has 0 aromatic heterocycles. The molecular weight excluding hydrogens is 204 g/mol. The smallest absolute Gasteiger partial charge is 0.00534 e. The topological polar surface area (TPSA) is 0 Å². The van der Waals surface area contributed by atoms with Gasteiger partial charge in [-0.2, -0.15) is 0 Å². The van der Waals surface area contributed by atoms with Crippen LogP contribution in [0.15, 0.2) is 24.3 Å². The predicted octanol–water partition coefficient (Wildman–Crippen LogP) is 0.340. The first-order valence-corrected chi connectivity index (χ1v) is 15.8. The van der Waals surface area contributed by atoms with E-state index in [9.17, 15) is 0 Å². The summed E-state index contributed by atoms with van der Waals surface area (Å²) < 4.78 is 0. The molecule has 0 spiro atoms. The van der Waals surface area contributed by atoms with E-state index in [0.29, 0.717) is 26.6 Å². The van der Waals surface area contributed by atoms with Gasteiger partial charge in [-0.15, -0.1) is 0 Å². The minimum absolute atomic E-state index is 0.458. The summed E-state index contributed by atoms with van der Waals surface area (Å²) >= 11 is 0. The summed E-state index contributed by atoms with van der Waals surface area (Å²) in [6.07, 6.45) is 1.37. The van der Waals surface area contributed by atoms with Gasteiger partial charge in [-0.3, -0.25) is 0 Å². The number of aryl methyl sites for hydroxylation is 2. The van der Waals surface area contributed by atoms with E-state index >= 15 is 0 Å². The summed E-state index contributed by atoms with van der Waals surface area (Å²) in [4.78, 5) is 0. The molecule has 1 aromatic rings. The number of rotatable bonds is 5. The lowest BCUT2D eigenvalue weighted by molar-refractivity contribution is 1.13. The Hall–Kier alpha value is -0.129. The summed E-state index contributed by atoms with van der Waals surface area (Å²) in [5.74, 6) is 0. The normalized spacial score (nSPS) is 13.1. The van der Waals surface area contributed by atoms with E-state index in [1.807, 2.05) is 0 Å². The van der Waals surface area contributed by atoms with Crippen molar-refractivity contribution in [2.24, 2.45) is 0 Å². The Labute approximate surface area is 88.2 Å². The van der Waals surface area contributed by atoms with Crippen molar-refractivity contribution in [3.63, 3.8) is 0 Å². The van der Waals surface area contributed by atoms with Crippen LogP contribution in [-0.4, -0.2) is 26.6 Å². The second-order valence-electron chi connectivity index (χ2n) is 3.80. The highest BCUT2D eigenvalue weighted by Crippen LogP contribution is 2.05. The van der Waals surface area contributed by atoms with Gasteiger partial charge in [-0.1, -0.05) is 42.4 Å². The fraction of sp³-hybridized carbons (Fsp3) is 0.400. The van der Waals surface area contributed by atoms with Gasteiger partial charge >= 0.3 is 0 Å². The molecule has 0 fully saturated rings. The molecular formula is C10H20Si3. The van der Waals surface area contributed by atoms with E-state index in [1.54, 1.807) is 11.6 Å². The Balaban J connectivity index is 2.25.